The second kappa shape index (κ2) is 10.0. The van der Waals surface area contributed by atoms with Crippen LogP contribution in [-0.4, -0.2) is 68.0 Å². The van der Waals surface area contributed by atoms with Gasteiger partial charge < -0.3 is 14.5 Å². The van der Waals surface area contributed by atoms with Gasteiger partial charge in [-0.2, -0.15) is 5.26 Å². The highest BCUT2D eigenvalue weighted by atomic mass is 16.5. The van der Waals surface area contributed by atoms with Gasteiger partial charge in [-0.15, -0.1) is 0 Å². The second-order valence-corrected chi connectivity index (χ2v) is 8.62. The molecule has 33 heavy (non-hydrogen) atoms. The maximum absolute atomic E-state index is 13.9. The molecule has 1 fully saturated rings. The molecule has 1 saturated heterocycles. The van der Waals surface area contributed by atoms with Crippen molar-refractivity contribution >= 4 is 16.7 Å². The van der Waals surface area contributed by atoms with E-state index in [1.54, 1.807) is 12.0 Å². The Balaban J connectivity index is 1.70. The van der Waals surface area contributed by atoms with Gasteiger partial charge in [-0.25, -0.2) is 0 Å². The van der Waals surface area contributed by atoms with E-state index in [1.807, 2.05) is 67.7 Å². The van der Waals surface area contributed by atoms with Crippen LogP contribution in [0.25, 0.3) is 10.8 Å². The first-order valence-corrected chi connectivity index (χ1v) is 11.2. The number of nitriles is 1. The first-order chi connectivity index (χ1) is 16.0. The molecule has 6 heteroatoms. The first kappa shape index (κ1) is 22.8. The summed E-state index contributed by atoms with van der Waals surface area (Å²) in [7, 11) is 5.53. The molecule has 1 amide bonds. The topological polar surface area (TPSA) is 59.8 Å². The Morgan fingerprint density at radius 1 is 1.09 bits per heavy atom. The van der Waals surface area contributed by atoms with E-state index in [0.29, 0.717) is 17.9 Å². The van der Waals surface area contributed by atoms with Crippen LogP contribution >= 0.6 is 0 Å². The molecule has 4 rings (SSSR count). The SMILES string of the molecule is COc1c(C#N)cc2ccccc2c1CN(C)C(=O)C(c1ccccc1)N1CCN(C)CC1. The first-order valence-electron chi connectivity index (χ1n) is 11.2. The van der Waals surface area contributed by atoms with Crippen LogP contribution in [-0.2, 0) is 11.3 Å². The molecular formula is C27H30N4O2. The molecule has 3 aromatic rings. The van der Waals surface area contributed by atoms with E-state index in [2.05, 4.69) is 22.9 Å². The third kappa shape index (κ3) is 4.70. The Kier molecular flexibility index (Phi) is 6.93. The van der Waals surface area contributed by atoms with Gasteiger partial charge in [-0.1, -0.05) is 54.6 Å². The monoisotopic (exact) mass is 442 g/mol. The van der Waals surface area contributed by atoms with E-state index in [1.165, 1.54) is 0 Å². The summed E-state index contributed by atoms with van der Waals surface area (Å²) in [4.78, 5) is 20.2. The number of fused-ring (bicyclic) bond motifs is 1. The molecule has 0 spiro atoms. The summed E-state index contributed by atoms with van der Waals surface area (Å²) in [6.45, 7) is 3.90. The van der Waals surface area contributed by atoms with Gasteiger partial charge in [-0.05, 0) is 29.4 Å². The van der Waals surface area contributed by atoms with Gasteiger partial charge in [0.25, 0.3) is 0 Å². The van der Waals surface area contributed by atoms with Crippen LogP contribution in [0, 0.1) is 11.3 Å². The van der Waals surface area contributed by atoms with Gasteiger partial charge in [0, 0.05) is 45.3 Å². The number of hydrogen-bond donors (Lipinski definition) is 0. The quantitative estimate of drug-likeness (QED) is 0.583. The third-order valence-corrected chi connectivity index (χ3v) is 6.45. The smallest absolute Gasteiger partial charge is 0.244 e. The van der Waals surface area contributed by atoms with Crippen molar-refractivity contribution in [1.29, 1.82) is 5.26 Å². The lowest BCUT2D eigenvalue weighted by atomic mass is 9.98. The molecule has 0 aromatic heterocycles. The zero-order chi connectivity index (χ0) is 23.4. The van der Waals surface area contributed by atoms with Gasteiger partial charge in [-0.3, -0.25) is 9.69 Å². The Labute approximate surface area is 195 Å². The molecule has 0 aliphatic carbocycles. The predicted molar refractivity (Wildman–Crippen MR) is 130 cm³/mol. The number of amides is 1. The molecule has 1 heterocycles. The molecule has 0 N–H and O–H groups in total. The van der Waals surface area contributed by atoms with Gasteiger partial charge in [0.2, 0.25) is 5.91 Å². The van der Waals surface area contributed by atoms with Crippen molar-refractivity contribution in [2.24, 2.45) is 0 Å². The highest BCUT2D eigenvalue weighted by molar-refractivity contribution is 5.91. The van der Waals surface area contributed by atoms with Gasteiger partial charge >= 0.3 is 0 Å². The van der Waals surface area contributed by atoms with Gasteiger partial charge in [0.15, 0.2) is 0 Å². The molecule has 0 saturated carbocycles. The van der Waals surface area contributed by atoms with Crippen LogP contribution in [0.1, 0.15) is 22.7 Å². The van der Waals surface area contributed by atoms with E-state index in [9.17, 15) is 10.1 Å². The normalized spacial score (nSPS) is 15.7. The second-order valence-electron chi connectivity index (χ2n) is 8.62. The van der Waals surface area contributed by atoms with E-state index in [0.717, 1.165) is 48.1 Å². The van der Waals surface area contributed by atoms with Crippen LogP contribution in [0.2, 0.25) is 0 Å². The average molecular weight is 443 g/mol. The molecule has 1 unspecified atom stereocenters. The molecule has 170 valence electrons. The number of piperazine rings is 1. The van der Waals surface area contributed by atoms with Crippen molar-refractivity contribution < 1.29 is 9.53 Å². The van der Waals surface area contributed by atoms with Crippen molar-refractivity contribution in [2.75, 3.05) is 47.4 Å². The minimum Gasteiger partial charge on any atom is -0.495 e. The molecule has 0 radical (unpaired) electrons. The number of nitrogens with zero attached hydrogens (tertiary/aromatic N) is 4. The van der Waals surface area contributed by atoms with E-state index in [-0.39, 0.29) is 11.9 Å². The number of carbonyl (C=O) groups excluding carboxylic acids is 1. The minimum atomic E-state index is -0.346. The number of likely N-dealkylation sites (N-methyl/N-ethyl adjacent to an activating group) is 2. The number of carbonyl (C=O) groups is 1. The third-order valence-electron chi connectivity index (χ3n) is 6.45. The maximum atomic E-state index is 13.9. The zero-order valence-electron chi connectivity index (χ0n) is 19.5. The Morgan fingerprint density at radius 2 is 1.76 bits per heavy atom. The van der Waals surface area contributed by atoms with Crippen LogP contribution in [0.15, 0.2) is 60.7 Å². The number of rotatable bonds is 6. The average Bonchev–Trinajstić information content (AvgIpc) is 2.85. The van der Waals surface area contributed by atoms with Crippen molar-refractivity contribution in [2.45, 2.75) is 12.6 Å². The molecular weight excluding hydrogens is 412 g/mol. The van der Waals surface area contributed by atoms with E-state index in [4.69, 9.17) is 4.74 Å². The summed E-state index contributed by atoms with van der Waals surface area (Å²) >= 11 is 0. The molecule has 3 aromatic carbocycles. The van der Waals surface area contributed by atoms with Crippen LogP contribution in [0.4, 0.5) is 0 Å². The highest BCUT2D eigenvalue weighted by Crippen LogP contribution is 2.34. The fourth-order valence-electron chi connectivity index (χ4n) is 4.63. The highest BCUT2D eigenvalue weighted by Gasteiger charge is 2.32. The van der Waals surface area contributed by atoms with Gasteiger partial charge in [0.1, 0.15) is 17.9 Å². The van der Waals surface area contributed by atoms with Crippen molar-refractivity contribution in [1.82, 2.24) is 14.7 Å². The van der Waals surface area contributed by atoms with Crippen molar-refractivity contribution in [3.8, 4) is 11.8 Å². The van der Waals surface area contributed by atoms with Crippen LogP contribution < -0.4 is 4.74 Å². The van der Waals surface area contributed by atoms with E-state index >= 15 is 0 Å². The largest absolute Gasteiger partial charge is 0.495 e. The summed E-state index contributed by atoms with van der Waals surface area (Å²) in [5.74, 6) is 0.575. The lowest BCUT2D eigenvalue weighted by molar-refractivity contribution is -0.137. The van der Waals surface area contributed by atoms with Crippen molar-refractivity contribution in [3.05, 3.63) is 77.4 Å². The molecule has 1 aliphatic heterocycles. The fraction of sp³-hybridized carbons (Fsp3) is 0.333. The molecule has 0 bridgehead atoms. The molecule has 6 nitrogen and oxygen atoms in total. The Morgan fingerprint density at radius 3 is 2.42 bits per heavy atom. The van der Waals surface area contributed by atoms with Crippen LogP contribution in [0.5, 0.6) is 5.75 Å². The zero-order valence-corrected chi connectivity index (χ0v) is 19.5. The predicted octanol–water partition coefficient (Wildman–Crippen LogP) is 3.67. The van der Waals surface area contributed by atoms with Crippen molar-refractivity contribution in [3.63, 3.8) is 0 Å². The number of ether oxygens (including phenoxy) is 1. The summed E-state index contributed by atoms with van der Waals surface area (Å²) < 4.78 is 5.65. The fourth-order valence-corrected chi connectivity index (χ4v) is 4.63. The maximum Gasteiger partial charge on any atom is 0.244 e. The number of hydrogen-bond acceptors (Lipinski definition) is 5. The minimum absolute atomic E-state index is 0.0410. The number of methoxy groups -OCH3 is 1. The summed E-state index contributed by atoms with van der Waals surface area (Å²) in [6, 6.07) is 21.7. The lowest BCUT2D eigenvalue weighted by Gasteiger charge is -2.39. The summed E-state index contributed by atoms with van der Waals surface area (Å²) in [5.41, 5.74) is 2.33. The standard InChI is InChI=1S/C27H30N4O2/c1-29-13-15-31(16-14-29)25(20-9-5-4-6-10-20)27(32)30(2)19-24-23-12-8-7-11-21(23)17-22(18-28)26(24)33-3/h4-12,17,25H,13-16,19H2,1-3H3. The molecule has 1 aliphatic rings. The van der Waals surface area contributed by atoms with Crippen LogP contribution in [0.3, 0.4) is 0 Å². The lowest BCUT2D eigenvalue weighted by Crippen LogP contribution is -2.50. The van der Waals surface area contributed by atoms with E-state index < -0.39 is 0 Å². The van der Waals surface area contributed by atoms with Gasteiger partial charge in [0.05, 0.1) is 12.7 Å². The molecule has 1 atom stereocenters. The summed E-state index contributed by atoms with van der Waals surface area (Å²) in [5, 5.41) is 11.6. The number of benzene rings is 3. The summed E-state index contributed by atoms with van der Waals surface area (Å²) in [6.07, 6.45) is 0. The Bertz CT molecular complexity index is 1160. The Hall–Kier alpha value is -3.40.